The van der Waals surface area contributed by atoms with Crippen LogP contribution in [0.4, 0.5) is 11.6 Å². The molecule has 0 atom stereocenters. The predicted octanol–water partition coefficient (Wildman–Crippen LogP) is 6.20. The lowest BCUT2D eigenvalue weighted by molar-refractivity contribution is -0.936. The van der Waals surface area contributed by atoms with Crippen molar-refractivity contribution >= 4 is 23.5 Å². The average Bonchev–Trinajstić information content (AvgIpc) is 2.99. The number of carbonyl (C=O) groups is 2. The Labute approximate surface area is 253 Å². The minimum absolute atomic E-state index is 0.136. The first-order valence-electron chi connectivity index (χ1n) is 15.6. The number of benzene rings is 2. The van der Waals surface area contributed by atoms with E-state index in [0.717, 1.165) is 72.5 Å². The van der Waals surface area contributed by atoms with Crippen LogP contribution in [0.3, 0.4) is 0 Å². The molecule has 3 rings (SSSR count). The molecule has 0 aliphatic heterocycles. The van der Waals surface area contributed by atoms with Crippen LogP contribution >= 0.6 is 0 Å². The van der Waals surface area contributed by atoms with Crippen molar-refractivity contribution in [1.82, 2.24) is 4.98 Å². The highest BCUT2D eigenvalue weighted by Gasteiger charge is 2.22. The van der Waals surface area contributed by atoms with Gasteiger partial charge in [0, 0.05) is 11.1 Å². The summed E-state index contributed by atoms with van der Waals surface area (Å²) in [4.78, 5) is 30.2. The second-order valence-corrected chi connectivity index (χ2v) is 11.4. The predicted molar refractivity (Wildman–Crippen MR) is 173 cm³/mol. The van der Waals surface area contributed by atoms with Gasteiger partial charge in [-0.1, -0.05) is 42.5 Å². The summed E-state index contributed by atoms with van der Waals surface area (Å²) in [6, 6.07) is 21.9. The maximum absolute atomic E-state index is 12.9. The third kappa shape index (κ3) is 9.23. The first-order chi connectivity index (χ1) is 20.2. The number of amides is 2. The van der Waals surface area contributed by atoms with Crippen LogP contribution in [0.25, 0.3) is 0 Å². The van der Waals surface area contributed by atoms with Crippen molar-refractivity contribution < 1.29 is 18.6 Å². The molecule has 3 aromatic rings. The monoisotopic (exact) mass is 573 g/mol. The zero-order valence-electron chi connectivity index (χ0n) is 26.6. The summed E-state index contributed by atoms with van der Waals surface area (Å²) >= 11 is 0. The number of aromatic nitrogens is 1. The number of nitrogens with one attached hydrogen (secondary N) is 2. The molecule has 7 heteroatoms. The number of carbonyl (C=O) groups excluding carboxylic acids is 2. The molecule has 226 valence electrons. The summed E-state index contributed by atoms with van der Waals surface area (Å²) in [5.41, 5.74) is 4.45. The summed E-state index contributed by atoms with van der Waals surface area (Å²) in [5, 5.41) is 5.79. The Morgan fingerprint density at radius 3 is 1.24 bits per heavy atom. The molecule has 1 aromatic heterocycles. The van der Waals surface area contributed by atoms with Gasteiger partial charge in [0.25, 0.3) is 0 Å². The van der Waals surface area contributed by atoms with Crippen molar-refractivity contribution in [1.29, 1.82) is 0 Å². The van der Waals surface area contributed by atoms with Gasteiger partial charge in [-0.05, 0) is 76.9 Å². The molecular formula is C35H51N5O2+2. The molecule has 0 aliphatic rings. The number of anilines is 2. The topological polar surface area (TPSA) is 71.1 Å². The molecule has 7 nitrogen and oxygen atoms in total. The van der Waals surface area contributed by atoms with E-state index in [0.29, 0.717) is 11.6 Å². The quantitative estimate of drug-likeness (QED) is 0.201. The van der Waals surface area contributed by atoms with Crippen LogP contribution in [-0.4, -0.2) is 65.0 Å². The number of nitrogens with zero attached hydrogens (tertiary/aromatic N) is 3. The van der Waals surface area contributed by atoms with Crippen LogP contribution in [0, 0.1) is 0 Å². The summed E-state index contributed by atoms with van der Waals surface area (Å²) in [7, 11) is 0. The van der Waals surface area contributed by atoms with Gasteiger partial charge in [0.05, 0.1) is 52.1 Å². The summed E-state index contributed by atoms with van der Waals surface area (Å²) in [5.74, 6) is 0.565. The molecular weight excluding hydrogens is 522 g/mol. The molecule has 2 N–H and O–H groups in total. The summed E-state index contributed by atoms with van der Waals surface area (Å²) in [6.07, 6.45) is 0.530. The Bertz CT molecular complexity index is 1200. The molecule has 0 saturated heterocycles. The van der Waals surface area contributed by atoms with E-state index in [2.05, 4.69) is 81.4 Å². The lowest BCUT2D eigenvalue weighted by Gasteiger charge is -2.36. The van der Waals surface area contributed by atoms with E-state index >= 15 is 0 Å². The van der Waals surface area contributed by atoms with Gasteiger partial charge in [-0.25, -0.2) is 4.98 Å². The standard InChI is InChI=1S/C35H49N5O2/c1-7-39(8-2,9-3)26-30-18-13-16-28(22-30)24-34(41)37-32-20-15-21-33(36-32)38-35(42)25-29-17-14-19-31(23-29)27-40(10-4,11-5)12-6/h13-23H,7-12,24-27H2,1-6H3/p+2. The molecule has 0 bridgehead atoms. The van der Waals surface area contributed by atoms with Crippen LogP contribution in [0.1, 0.15) is 63.8 Å². The van der Waals surface area contributed by atoms with Gasteiger partial charge in [0.1, 0.15) is 24.7 Å². The van der Waals surface area contributed by atoms with Crippen molar-refractivity contribution in [3.8, 4) is 0 Å². The highest BCUT2D eigenvalue weighted by atomic mass is 16.2. The van der Waals surface area contributed by atoms with E-state index in [1.165, 1.54) is 11.1 Å². The van der Waals surface area contributed by atoms with Gasteiger partial charge in [-0.3, -0.25) is 9.59 Å². The van der Waals surface area contributed by atoms with Crippen LogP contribution in [0.5, 0.6) is 0 Å². The maximum Gasteiger partial charge on any atom is 0.229 e. The van der Waals surface area contributed by atoms with Crippen molar-refractivity contribution in [3.05, 3.63) is 89.0 Å². The van der Waals surface area contributed by atoms with Gasteiger partial charge in [-0.15, -0.1) is 0 Å². The average molecular weight is 574 g/mol. The molecule has 2 aromatic carbocycles. The fourth-order valence-electron chi connectivity index (χ4n) is 5.78. The fourth-order valence-corrected chi connectivity index (χ4v) is 5.78. The van der Waals surface area contributed by atoms with Crippen molar-refractivity contribution in [2.75, 3.05) is 49.9 Å². The summed E-state index contributed by atoms with van der Waals surface area (Å²) in [6.45, 7) is 21.8. The zero-order valence-corrected chi connectivity index (χ0v) is 26.6. The highest BCUT2D eigenvalue weighted by Crippen LogP contribution is 2.18. The normalized spacial score (nSPS) is 11.8. The van der Waals surface area contributed by atoms with Gasteiger partial charge >= 0.3 is 0 Å². The third-order valence-corrected chi connectivity index (χ3v) is 9.06. The summed E-state index contributed by atoms with van der Waals surface area (Å²) < 4.78 is 2.06. The van der Waals surface area contributed by atoms with E-state index in [9.17, 15) is 9.59 Å². The van der Waals surface area contributed by atoms with Crippen molar-refractivity contribution in [3.63, 3.8) is 0 Å². The second kappa shape index (κ2) is 15.6. The van der Waals surface area contributed by atoms with Gasteiger partial charge < -0.3 is 19.6 Å². The van der Waals surface area contributed by atoms with E-state index < -0.39 is 0 Å². The van der Waals surface area contributed by atoms with Gasteiger partial charge in [0.15, 0.2) is 0 Å². The van der Waals surface area contributed by atoms with E-state index in [-0.39, 0.29) is 24.7 Å². The zero-order chi connectivity index (χ0) is 30.6. The molecule has 0 saturated carbocycles. The number of hydrogen-bond donors (Lipinski definition) is 2. The molecule has 1 heterocycles. The van der Waals surface area contributed by atoms with Crippen LogP contribution < -0.4 is 10.6 Å². The van der Waals surface area contributed by atoms with Gasteiger partial charge in [-0.2, -0.15) is 0 Å². The molecule has 42 heavy (non-hydrogen) atoms. The molecule has 0 aliphatic carbocycles. The Morgan fingerprint density at radius 2 is 0.881 bits per heavy atom. The van der Waals surface area contributed by atoms with Crippen molar-refractivity contribution in [2.24, 2.45) is 0 Å². The van der Waals surface area contributed by atoms with Crippen LogP contribution in [-0.2, 0) is 35.5 Å². The maximum atomic E-state index is 12.9. The lowest BCUT2D eigenvalue weighted by atomic mass is 10.1. The minimum Gasteiger partial charge on any atom is -0.321 e. The number of rotatable bonds is 16. The van der Waals surface area contributed by atoms with E-state index in [1.807, 2.05) is 24.3 Å². The third-order valence-electron chi connectivity index (χ3n) is 9.06. The molecule has 2 amide bonds. The SMILES string of the molecule is CC[N+](CC)(CC)Cc1cccc(CC(=O)Nc2cccc(NC(=O)Cc3cccc(C[N+](CC)(CC)CC)c3)n2)c1. The molecule has 0 fully saturated rings. The second-order valence-electron chi connectivity index (χ2n) is 11.4. The fraction of sp³-hybridized carbons (Fsp3) is 0.457. The largest absolute Gasteiger partial charge is 0.321 e. The molecule has 0 radical (unpaired) electrons. The molecule has 0 unspecified atom stereocenters. The molecule has 0 spiro atoms. The lowest BCUT2D eigenvalue weighted by Crippen LogP contribution is -2.46. The first kappa shape index (κ1) is 33.0. The minimum atomic E-state index is -0.136. The van der Waals surface area contributed by atoms with E-state index in [4.69, 9.17) is 0 Å². The Hall–Kier alpha value is -3.55. The number of pyridine rings is 1. The smallest absolute Gasteiger partial charge is 0.229 e. The Balaban J connectivity index is 1.59. The first-order valence-corrected chi connectivity index (χ1v) is 15.6. The van der Waals surface area contributed by atoms with Crippen LogP contribution in [0.15, 0.2) is 66.7 Å². The highest BCUT2D eigenvalue weighted by molar-refractivity contribution is 5.93. The number of quaternary nitrogens is 2. The Kier molecular flexibility index (Phi) is 12.3. The Morgan fingerprint density at radius 1 is 0.548 bits per heavy atom. The van der Waals surface area contributed by atoms with Gasteiger partial charge in [0.2, 0.25) is 11.8 Å². The number of hydrogen-bond acceptors (Lipinski definition) is 3. The van der Waals surface area contributed by atoms with Crippen molar-refractivity contribution in [2.45, 2.75) is 67.5 Å². The van der Waals surface area contributed by atoms with E-state index in [1.54, 1.807) is 18.2 Å². The van der Waals surface area contributed by atoms with Crippen LogP contribution in [0.2, 0.25) is 0 Å².